The number of amides is 1. The minimum absolute atomic E-state index is 0.403. The van der Waals surface area contributed by atoms with Crippen LogP contribution in [0.3, 0.4) is 0 Å². The van der Waals surface area contributed by atoms with Crippen LogP contribution >= 0.6 is 0 Å². The molecule has 1 amide bonds. The summed E-state index contributed by atoms with van der Waals surface area (Å²) in [6.45, 7) is 9.26. The molecule has 1 fully saturated rings. The van der Waals surface area contributed by atoms with Crippen LogP contribution in [-0.2, 0) is 24.1 Å². The van der Waals surface area contributed by atoms with Crippen molar-refractivity contribution in [1.82, 2.24) is 15.3 Å². The number of aromatic nitrogens is 2. The van der Waals surface area contributed by atoms with Crippen LogP contribution in [0.25, 0.3) is 11.3 Å². The number of hydrogen-bond acceptors (Lipinski definition) is 5. The number of ether oxygens (including phenoxy) is 1. The SMILES string of the molecule is C[C@H]1CCN1c1nc2c(c(-c3cccc(CNC(=O)OC(C)(C)C)c3)n1)CCC2. The zero-order valence-electron chi connectivity index (χ0n) is 17.8. The average Bonchev–Trinajstić information content (AvgIpc) is 3.12. The summed E-state index contributed by atoms with van der Waals surface area (Å²) >= 11 is 0. The monoisotopic (exact) mass is 394 g/mol. The number of nitrogens with one attached hydrogen (secondary N) is 1. The summed E-state index contributed by atoms with van der Waals surface area (Å²) in [6.07, 6.45) is 3.98. The quantitative estimate of drug-likeness (QED) is 0.839. The first-order valence-corrected chi connectivity index (χ1v) is 10.5. The van der Waals surface area contributed by atoms with Crippen molar-refractivity contribution in [3.8, 4) is 11.3 Å². The van der Waals surface area contributed by atoms with E-state index in [1.165, 1.54) is 17.7 Å². The fourth-order valence-corrected chi connectivity index (χ4v) is 3.92. The molecule has 1 aromatic heterocycles. The third-order valence-electron chi connectivity index (χ3n) is 5.53. The summed E-state index contributed by atoms with van der Waals surface area (Å²) in [6, 6.07) is 8.76. The van der Waals surface area contributed by atoms with E-state index in [9.17, 15) is 4.79 Å². The highest BCUT2D eigenvalue weighted by Crippen LogP contribution is 2.34. The third kappa shape index (κ3) is 4.36. The molecule has 1 aliphatic heterocycles. The van der Waals surface area contributed by atoms with Gasteiger partial charge >= 0.3 is 6.09 Å². The Kier molecular flexibility index (Phi) is 5.19. The Hall–Kier alpha value is -2.63. The molecule has 2 aromatic rings. The van der Waals surface area contributed by atoms with Crippen LogP contribution < -0.4 is 10.2 Å². The fourth-order valence-electron chi connectivity index (χ4n) is 3.92. The van der Waals surface area contributed by atoms with Gasteiger partial charge in [-0.15, -0.1) is 0 Å². The summed E-state index contributed by atoms with van der Waals surface area (Å²) in [7, 11) is 0. The van der Waals surface area contributed by atoms with E-state index in [4.69, 9.17) is 14.7 Å². The number of anilines is 1. The van der Waals surface area contributed by atoms with Crippen LogP contribution in [0.4, 0.5) is 10.7 Å². The summed E-state index contributed by atoms with van der Waals surface area (Å²) in [4.78, 5) is 24.1. The minimum atomic E-state index is -0.502. The van der Waals surface area contributed by atoms with Gasteiger partial charge in [0.15, 0.2) is 0 Å². The van der Waals surface area contributed by atoms with Gasteiger partial charge in [-0.25, -0.2) is 14.8 Å². The predicted octanol–water partition coefficient (Wildman–Crippen LogP) is 4.26. The first-order valence-electron chi connectivity index (χ1n) is 10.5. The zero-order chi connectivity index (χ0) is 20.6. The molecule has 0 unspecified atom stereocenters. The topological polar surface area (TPSA) is 67.4 Å². The van der Waals surface area contributed by atoms with Crippen LogP contribution in [0.1, 0.15) is 57.4 Å². The lowest BCUT2D eigenvalue weighted by Gasteiger charge is -2.39. The molecule has 29 heavy (non-hydrogen) atoms. The van der Waals surface area contributed by atoms with E-state index >= 15 is 0 Å². The van der Waals surface area contributed by atoms with E-state index in [1.807, 2.05) is 32.9 Å². The number of fused-ring (bicyclic) bond motifs is 1. The molecule has 1 aliphatic carbocycles. The highest BCUT2D eigenvalue weighted by molar-refractivity contribution is 5.69. The molecule has 2 heterocycles. The normalized spacial score (nSPS) is 18.2. The summed E-state index contributed by atoms with van der Waals surface area (Å²) in [5.41, 5.74) is 5.13. The summed E-state index contributed by atoms with van der Waals surface area (Å²) in [5.74, 6) is 0.858. The molecule has 0 bridgehead atoms. The van der Waals surface area contributed by atoms with Crippen LogP contribution in [-0.4, -0.2) is 34.2 Å². The van der Waals surface area contributed by atoms with Crippen molar-refractivity contribution in [2.24, 2.45) is 0 Å². The molecule has 154 valence electrons. The lowest BCUT2D eigenvalue weighted by atomic mass is 10.0. The molecular weight excluding hydrogens is 364 g/mol. The predicted molar refractivity (Wildman–Crippen MR) is 114 cm³/mol. The maximum absolute atomic E-state index is 12.0. The molecule has 0 spiro atoms. The van der Waals surface area contributed by atoms with E-state index in [0.29, 0.717) is 12.6 Å². The van der Waals surface area contributed by atoms with Crippen molar-refractivity contribution in [3.05, 3.63) is 41.1 Å². The number of rotatable bonds is 4. The second kappa shape index (κ2) is 7.65. The first-order chi connectivity index (χ1) is 13.8. The van der Waals surface area contributed by atoms with Gasteiger partial charge in [0.25, 0.3) is 0 Å². The maximum Gasteiger partial charge on any atom is 0.407 e. The Balaban J connectivity index is 1.57. The third-order valence-corrected chi connectivity index (χ3v) is 5.53. The number of alkyl carbamates (subject to hydrolysis) is 1. The molecule has 0 saturated carbocycles. The van der Waals surface area contributed by atoms with Gasteiger partial charge in [0.2, 0.25) is 5.95 Å². The second-order valence-corrected chi connectivity index (χ2v) is 9.04. The molecular formula is C23H30N4O2. The van der Waals surface area contributed by atoms with Crippen molar-refractivity contribution in [3.63, 3.8) is 0 Å². The minimum Gasteiger partial charge on any atom is -0.444 e. The Morgan fingerprint density at radius 1 is 1.28 bits per heavy atom. The number of carbonyl (C=O) groups is 1. The molecule has 1 atom stereocenters. The van der Waals surface area contributed by atoms with Crippen molar-refractivity contribution in [1.29, 1.82) is 0 Å². The first kappa shape index (κ1) is 19.7. The Labute approximate surface area is 172 Å². The van der Waals surface area contributed by atoms with Crippen molar-refractivity contribution >= 4 is 12.0 Å². The van der Waals surface area contributed by atoms with Gasteiger partial charge in [0.05, 0.1) is 5.69 Å². The van der Waals surface area contributed by atoms with E-state index < -0.39 is 11.7 Å². The van der Waals surface area contributed by atoms with Crippen molar-refractivity contribution in [2.45, 2.75) is 71.6 Å². The molecule has 1 aromatic carbocycles. The second-order valence-electron chi connectivity index (χ2n) is 9.04. The van der Waals surface area contributed by atoms with Crippen molar-refractivity contribution in [2.75, 3.05) is 11.4 Å². The van der Waals surface area contributed by atoms with E-state index in [0.717, 1.165) is 48.6 Å². The largest absolute Gasteiger partial charge is 0.444 e. The lowest BCUT2D eigenvalue weighted by Crippen LogP contribution is -2.46. The van der Waals surface area contributed by atoms with E-state index in [2.05, 4.69) is 29.3 Å². The van der Waals surface area contributed by atoms with E-state index in [-0.39, 0.29) is 0 Å². The number of nitrogens with zero attached hydrogens (tertiary/aromatic N) is 3. The lowest BCUT2D eigenvalue weighted by molar-refractivity contribution is 0.0523. The van der Waals surface area contributed by atoms with Crippen LogP contribution in [0, 0.1) is 0 Å². The molecule has 2 aliphatic rings. The van der Waals surface area contributed by atoms with Crippen LogP contribution in [0.15, 0.2) is 24.3 Å². The fraction of sp³-hybridized carbons (Fsp3) is 0.522. The van der Waals surface area contributed by atoms with Crippen LogP contribution in [0.2, 0.25) is 0 Å². The highest BCUT2D eigenvalue weighted by Gasteiger charge is 2.29. The summed E-state index contributed by atoms with van der Waals surface area (Å²) in [5, 5.41) is 2.84. The van der Waals surface area contributed by atoms with Gasteiger partial charge in [-0.2, -0.15) is 0 Å². The molecule has 6 nitrogen and oxygen atoms in total. The number of carbonyl (C=O) groups excluding carboxylic acids is 1. The molecule has 4 rings (SSSR count). The number of aryl methyl sites for hydroxylation is 1. The Bertz CT molecular complexity index is 920. The van der Waals surface area contributed by atoms with Gasteiger partial charge in [0, 0.05) is 36.0 Å². The Morgan fingerprint density at radius 2 is 2.10 bits per heavy atom. The molecule has 0 radical (unpaired) electrons. The van der Waals surface area contributed by atoms with Gasteiger partial charge in [0.1, 0.15) is 5.60 Å². The van der Waals surface area contributed by atoms with Gasteiger partial charge < -0.3 is 15.0 Å². The number of hydrogen-bond donors (Lipinski definition) is 1. The Morgan fingerprint density at radius 3 is 2.79 bits per heavy atom. The maximum atomic E-state index is 12.0. The number of benzene rings is 1. The molecule has 1 saturated heterocycles. The van der Waals surface area contributed by atoms with Gasteiger partial charge in [-0.3, -0.25) is 0 Å². The van der Waals surface area contributed by atoms with Crippen molar-refractivity contribution < 1.29 is 9.53 Å². The van der Waals surface area contributed by atoms with Gasteiger partial charge in [-0.1, -0.05) is 18.2 Å². The van der Waals surface area contributed by atoms with Crippen LogP contribution in [0.5, 0.6) is 0 Å². The average molecular weight is 395 g/mol. The standard InChI is InChI=1S/C23H30N4O2/c1-15-11-12-27(15)21-25-19-10-6-9-18(19)20(26-21)17-8-5-7-16(13-17)14-24-22(28)29-23(2,3)4/h5,7-8,13,15H,6,9-12,14H2,1-4H3,(H,24,28)/t15-/m0/s1. The summed E-state index contributed by atoms with van der Waals surface area (Å²) < 4.78 is 5.33. The molecule has 6 heteroatoms. The van der Waals surface area contributed by atoms with E-state index in [1.54, 1.807) is 0 Å². The zero-order valence-corrected chi connectivity index (χ0v) is 17.8. The highest BCUT2D eigenvalue weighted by atomic mass is 16.6. The smallest absolute Gasteiger partial charge is 0.407 e. The molecule has 1 N–H and O–H groups in total. The van der Waals surface area contributed by atoms with Gasteiger partial charge in [-0.05, 0) is 65.0 Å².